The molecule has 1 aliphatic rings. The molecule has 2 atom stereocenters. The third-order valence-corrected chi connectivity index (χ3v) is 2.53. The molecule has 1 aliphatic heterocycles. The summed E-state index contributed by atoms with van der Waals surface area (Å²) in [5.41, 5.74) is 0. The van der Waals surface area contributed by atoms with E-state index in [9.17, 15) is 9.90 Å². The van der Waals surface area contributed by atoms with E-state index in [1.807, 2.05) is 12.2 Å². The first-order chi connectivity index (χ1) is 7.00. The number of nitrogens with zero attached hydrogens (tertiary/aromatic N) is 1. The molecule has 1 saturated heterocycles. The molecule has 0 bridgehead atoms. The molecule has 0 aliphatic carbocycles. The number of aliphatic hydroxyl groups excluding tert-OH is 1. The van der Waals surface area contributed by atoms with Gasteiger partial charge in [-0.2, -0.15) is 0 Å². The van der Waals surface area contributed by atoms with Gasteiger partial charge in [-0.3, -0.25) is 4.90 Å². The minimum atomic E-state index is -0.953. The second kappa shape index (κ2) is 5.16. The number of likely N-dealkylation sites (tertiary alicyclic amines) is 1. The molecule has 1 amide bonds. The van der Waals surface area contributed by atoms with Crippen molar-refractivity contribution in [2.45, 2.75) is 38.8 Å². The van der Waals surface area contributed by atoms with Gasteiger partial charge in [-0.1, -0.05) is 26.0 Å². The molecule has 4 nitrogen and oxygen atoms in total. The SMILES string of the molecule is CC(C)C/C=C/[C@@H]1C[C@@H](O)CN1C(=O)O. The average Bonchev–Trinajstić information content (AvgIpc) is 2.46. The van der Waals surface area contributed by atoms with Gasteiger partial charge in [0.1, 0.15) is 0 Å². The standard InChI is InChI=1S/C11H19NO3/c1-8(2)4-3-5-9-6-10(13)7-12(9)11(14)15/h3,5,8-10,13H,4,6-7H2,1-2H3,(H,14,15)/b5-3+/t9-,10-/m1/s1. The Labute approximate surface area is 90.2 Å². The predicted octanol–water partition coefficient (Wildman–Crippen LogP) is 1.70. The summed E-state index contributed by atoms with van der Waals surface area (Å²) in [7, 11) is 0. The highest BCUT2D eigenvalue weighted by molar-refractivity contribution is 5.66. The fourth-order valence-electron chi connectivity index (χ4n) is 1.75. The number of hydrogen-bond donors (Lipinski definition) is 2. The van der Waals surface area contributed by atoms with Crippen LogP contribution >= 0.6 is 0 Å². The van der Waals surface area contributed by atoms with Crippen LogP contribution in [0.2, 0.25) is 0 Å². The molecule has 0 aromatic rings. The molecule has 0 saturated carbocycles. The Morgan fingerprint density at radius 1 is 1.60 bits per heavy atom. The van der Waals surface area contributed by atoms with Gasteiger partial charge in [-0.05, 0) is 18.8 Å². The maximum Gasteiger partial charge on any atom is 0.407 e. The van der Waals surface area contributed by atoms with Crippen LogP contribution in [0.3, 0.4) is 0 Å². The molecular formula is C11H19NO3. The average molecular weight is 213 g/mol. The van der Waals surface area contributed by atoms with Gasteiger partial charge < -0.3 is 10.2 Å². The molecule has 1 heterocycles. The Hall–Kier alpha value is -1.03. The third kappa shape index (κ3) is 3.55. The second-order valence-electron chi connectivity index (χ2n) is 4.45. The van der Waals surface area contributed by atoms with Gasteiger partial charge in [-0.25, -0.2) is 4.79 Å². The highest BCUT2D eigenvalue weighted by Crippen LogP contribution is 2.19. The van der Waals surface area contributed by atoms with Crippen LogP contribution in [0.4, 0.5) is 4.79 Å². The number of rotatable bonds is 3. The molecule has 0 radical (unpaired) electrons. The molecule has 15 heavy (non-hydrogen) atoms. The van der Waals surface area contributed by atoms with Gasteiger partial charge in [-0.15, -0.1) is 0 Å². The van der Waals surface area contributed by atoms with Crippen LogP contribution in [0.1, 0.15) is 26.7 Å². The van der Waals surface area contributed by atoms with E-state index in [4.69, 9.17) is 5.11 Å². The summed E-state index contributed by atoms with van der Waals surface area (Å²) in [5.74, 6) is 0.575. The van der Waals surface area contributed by atoms with Gasteiger partial charge >= 0.3 is 6.09 Å². The maximum absolute atomic E-state index is 10.8. The Kier molecular flexibility index (Phi) is 4.15. The molecular weight excluding hydrogens is 194 g/mol. The largest absolute Gasteiger partial charge is 0.465 e. The van der Waals surface area contributed by atoms with Crippen molar-refractivity contribution in [2.24, 2.45) is 5.92 Å². The van der Waals surface area contributed by atoms with E-state index < -0.39 is 12.2 Å². The summed E-state index contributed by atoms with van der Waals surface area (Å²) in [6, 6.07) is -0.156. The molecule has 1 rings (SSSR count). The number of amides is 1. The lowest BCUT2D eigenvalue weighted by Gasteiger charge is -2.17. The number of allylic oxidation sites excluding steroid dienone is 1. The van der Waals surface area contributed by atoms with Crippen LogP contribution in [0.5, 0.6) is 0 Å². The molecule has 1 fully saturated rings. The zero-order valence-electron chi connectivity index (χ0n) is 9.26. The highest BCUT2D eigenvalue weighted by atomic mass is 16.4. The minimum Gasteiger partial charge on any atom is -0.465 e. The quantitative estimate of drug-likeness (QED) is 0.701. The zero-order valence-corrected chi connectivity index (χ0v) is 9.26. The first kappa shape index (κ1) is 12.0. The molecule has 0 aromatic carbocycles. The fourth-order valence-corrected chi connectivity index (χ4v) is 1.75. The van der Waals surface area contributed by atoms with Crippen LogP contribution in [0.15, 0.2) is 12.2 Å². The Bertz CT molecular complexity index is 250. The summed E-state index contributed by atoms with van der Waals surface area (Å²) >= 11 is 0. The van der Waals surface area contributed by atoms with Crippen LogP contribution < -0.4 is 0 Å². The second-order valence-corrected chi connectivity index (χ2v) is 4.45. The van der Waals surface area contributed by atoms with Crippen LogP contribution in [0, 0.1) is 5.92 Å². The number of β-amino-alcohol motifs (C(OH)–C–C–N with tert-alkyl or cyclic N) is 1. The van der Waals surface area contributed by atoms with Crippen LogP contribution in [0.25, 0.3) is 0 Å². The minimum absolute atomic E-state index is 0.156. The highest BCUT2D eigenvalue weighted by Gasteiger charge is 2.32. The predicted molar refractivity (Wildman–Crippen MR) is 57.7 cm³/mol. The maximum atomic E-state index is 10.8. The lowest BCUT2D eigenvalue weighted by molar-refractivity contribution is 0.135. The van der Waals surface area contributed by atoms with Gasteiger partial charge in [0.25, 0.3) is 0 Å². The first-order valence-electron chi connectivity index (χ1n) is 5.35. The number of hydrogen-bond acceptors (Lipinski definition) is 2. The van der Waals surface area contributed by atoms with Crippen molar-refractivity contribution in [1.29, 1.82) is 0 Å². The molecule has 2 N–H and O–H groups in total. The van der Waals surface area contributed by atoms with Crippen molar-refractivity contribution in [1.82, 2.24) is 4.90 Å². The van der Waals surface area contributed by atoms with Crippen molar-refractivity contribution >= 4 is 6.09 Å². The normalized spacial score (nSPS) is 26.8. The van der Waals surface area contributed by atoms with Crippen molar-refractivity contribution in [3.8, 4) is 0 Å². The summed E-state index contributed by atoms with van der Waals surface area (Å²) < 4.78 is 0. The van der Waals surface area contributed by atoms with Gasteiger partial charge in [0, 0.05) is 0 Å². The van der Waals surface area contributed by atoms with E-state index in [0.29, 0.717) is 12.3 Å². The summed E-state index contributed by atoms with van der Waals surface area (Å²) in [6.45, 7) is 4.46. The monoisotopic (exact) mass is 213 g/mol. The number of carbonyl (C=O) groups is 1. The molecule has 0 spiro atoms. The van der Waals surface area contributed by atoms with E-state index in [1.165, 1.54) is 4.90 Å². The van der Waals surface area contributed by atoms with Crippen molar-refractivity contribution in [2.75, 3.05) is 6.54 Å². The molecule has 86 valence electrons. The lowest BCUT2D eigenvalue weighted by Crippen LogP contribution is -2.33. The summed E-state index contributed by atoms with van der Waals surface area (Å²) in [5, 5.41) is 18.3. The Morgan fingerprint density at radius 2 is 2.27 bits per heavy atom. The van der Waals surface area contributed by atoms with Crippen molar-refractivity contribution < 1.29 is 15.0 Å². The topological polar surface area (TPSA) is 60.8 Å². The fraction of sp³-hybridized carbons (Fsp3) is 0.727. The first-order valence-corrected chi connectivity index (χ1v) is 5.35. The molecule has 0 unspecified atom stereocenters. The van der Waals surface area contributed by atoms with Gasteiger partial charge in [0.15, 0.2) is 0 Å². The zero-order chi connectivity index (χ0) is 11.4. The van der Waals surface area contributed by atoms with E-state index >= 15 is 0 Å². The van der Waals surface area contributed by atoms with Gasteiger partial charge in [0.2, 0.25) is 0 Å². The van der Waals surface area contributed by atoms with E-state index in [0.717, 1.165) is 6.42 Å². The third-order valence-electron chi connectivity index (χ3n) is 2.53. The number of carboxylic acid groups (broad SMARTS) is 1. The molecule has 4 heteroatoms. The Balaban J connectivity index is 2.52. The van der Waals surface area contributed by atoms with Crippen LogP contribution in [-0.2, 0) is 0 Å². The lowest BCUT2D eigenvalue weighted by atomic mass is 10.1. The summed E-state index contributed by atoms with van der Waals surface area (Å²) in [4.78, 5) is 12.1. The van der Waals surface area contributed by atoms with Crippen LogP contribution in [-0.4, -0.2) is 39.9 Å². The smallest absolute Gasteiger partial charge is 0.407 e. The molecule has 0 aromatic heterocycles. The van der Waals surface area contributed by atoms with E-state index in [-0.39, 0.29) is 12.6 Å². The van der Waals surface area contributed by atoms with E-state index in [2.05, 4.69) is 13.8 Å². The Morgan fingerprint density at radius 3 is 2.80 bits per heavy atom. The van der Waals surface area contributed by atoms with Crippen molar-refractivity contribution in [3.63, 3.8) is 0 Å². The van der Waals surface area contributed by atoms with Crippen molar-refractivity contribution in [3.05, 3.63) is 12.2 Å². The summed E-state index contributed by atoms with van der Waals surface area (Å²) in [6.07, 6.45) is 3.88. The van der Waals surface area contributed by atoms with Gasteiger partial charge in [0.05, 0.1) is 18.7 Å². The van der Waals surface area contributed by atoms with E-state index in [1.54, 1.807) is 0 Å². The number of aliphatic hydroxyl groups is 1.